The van der Waals surface area contributed by atoms with E-state index in [0.717, 1.165) is 0 Å². The average Bonchev–Trinajstić information content (AvgIpc) is 3.05. The molecule has 0 unspecified atom stereocenters. The maximum absolute atomic E-state index is 12.4. The number of ketones is 1. The topological polar surface area (TPSA) is 52.6 Å². The molecule has 1 aromatic rings. The maximum atomic E-state index is 12.4. The van der Waals surface area contributed by atoms with Crippen molar-refractivity contribution in [1.29, 1.82) is 0 Å². The van der Waals surface area contributed by atoms with Gasteiger partial charge in [0.1, 0.15) is 5.41 Å². The molecule has 0 N–H and O–H groups in total. The van der Waals surface area contributed by atoms with Gasteiger partial charge >= 0.3 is 5.97 Å². The van der Waals surface area contributed by atoms with E-state index in [-0.39, 0.29) is 30.7 Å². The van der Waals surface area contributed by atoms with E-state index in [4.69, 9.17) is 21.1 Å². The minimum absolute atomic E-state index is 0.0844. The number of Topliss-reactive ketones (excluding diaryl/α,β-unsaturated/α-hetero) is 1. The molecule has 0 amide bonds. The van der Waals surface area contributed by atoms with Gasteiger partial charge in [-0.15, -0.1) is 11.3 Å². The molecule has 0 spiro atoms. The molecular formula is C15H19ClO4S. The number of halogens is 1. The van der Waals surface area contributed by atoms with E-state index >= 15 is 0 Å². The van der Waals surface area contributed by atoms with Crippen molar-refractivity contribution in [1.82, 2.24) is 0 Å². The third kappa shape index (κ3) is 4.05. The normalized spacial score (nSPS) is 21.7. The van der Waals surface area contributed by atoms with Gasteiger partial charge in [0, 0.05) is 13.0 Å². The van der Waals surface area contributed by atoms with Crippen LogP contribution in [0, 0.1) is 11.3 Å². The molecular weight excluding hydrogens is 312 g/mol. The molecule has 0 aliphatic carbocycles. The summed E-state index contributed by atoms with van der Waals surface area (Å²) in [6.45, 7) is 5.04. The summed E-state index contributed by atoms with van der Waals surface area (Å²) < 4.78 is 11.3. The molecule has 1 saturated heterocycles. The van der Waals surface area contributed by atoms with Gasteiger partial charge in [0.25, 0.3) is 0 Å². The summed E-state index contributed by atoms with van der Waals surface area (Å²) in [5, 5.41) is 0. The van der Waals surface area contributed by atoms with Crippen LogP contribution in [0.15, 0.2) is 12.1 Å². The lowest BCUT2D eigenvalue weighted by Crippen LogP contribution is -2.36. The van der Waals surface area contributed by atoms with Crippen molar-refractivity contribution < 1.29 is 19.1 Å². The van der Waals surface area contributed by atoms with Crippen LogP contribution in [0.4, 0.5) is 0 Å². The number of esters is 1. The Labute approximate surface area is 133 Å². The Morgan fingerprint density at radius 1 is 1.48 bits per heavy atom. The van der Waals surface area contributed by atoms with Crippen molar-refractivity contribution >= 4 is 34.7 Å². The minimum Gasteiger partial charge on any atom is -0.465 e. The first kappa shape index (κ1) is 16.5. The predicted octanol–water partition coefficient (Wildman–Crippen LogP) is 3.58. The summed E-state index contributed by atoms with van der Waals surface area (Å²) in [7, 11) is 0. The van der Waals surface area contributed by atoms with Crippen molar-refractivity contribution in [3.63, 3.8) is 0 Å². The zero-order valence-corrected chi connectivity index (χ0v) is 13.8. The van der Waals surface area contributed by atoms with Crippen LogP contribution in [0.5, 0.6) is 0 Å². The van der Waals surface area contributed by atoms with Crippen molar-refractivity contribution in [3.05, 3.63) is 21.3 Å². The first-order valence-electron chi connectivity index (χ1n) is 6.96. The number of hydrogen-bond donors (Lipinski definition) is 0. The summed E-state index contributed by atoms with van der Waals surface area (Å²) >= 11 is 7.08. The molecule has 21 heavy (non-hydrogen) atoms. The zero-order valence-electron chi connectivity index (χ0n) is 12.2. The van der Waals surface area contributed by atoms with Crippen LogP contribution in [-0.2, 0) is 14.3 Å². The minimum atomic E-state index is -0.845. The monoisotopic (exact) mass is 330 g/mol. The second kappa shape index (κ2) is 6.90. The summed E-state index contributed by atoms with van der Waals surface area (Å²) in [4.78, 5) is 25.3. The first-order chi connectivity index (χ1) is 9.93. The lowest BCUT2D eigenvalue weighted by molar-refractivity contribution is -0.157. The standard InChI is InChI=1S/C15H19ClO4S/c1-10(2)8-20-14(18)15(5-6-19-9-15)7-11(17)12-3-4-13(16)21-12/h3-4,10H,5-9H2,1-2H3/t15-/m0/s1. The van der Waals surface area contributed by atoms with Gasteiger partial charge in [-0.25, -0.2) is 0 Å². The highest BCUT2D eigenvalue weighted by atomic mass is 35.5. The van der Waals surface area contributed by atoms with Gasteiger partial charge in [-0.2, -0.15) is 0 Å². The van der Waals surface area contributed by atoms with Crippen LogP contribution < -0.4 is 0 Å². The summed E-state index contributed by atoms with van der Waals surface area (Å²) in [5.41, 5.74) is -0.845. The van der Waals surface area contributed by atoms with Crippen LogP contribution in [0.1, 0.15) is 36.4 Å². The highest BCUT2D eigenvalue weighted by Gasteiger charge is 2.45. The molecule has 1 aromatic heterocycles. The number of rotatable bonds is 6. The molecule has 2 rings (SSSR count). The van der Waals surface area contributed by atoms with E-state index in [1.807, 2.05) is 13.8 Å². The van der Waals surface area contributed by atoms with E-state index < -0.39 is 5.41 Å². The third-order valence-electron chi connectivity index (χ3n) is 3.43. The third-order valence-corrected chi connectivity index (χ3v) is 4.70. The fourth-order valence-electron chi connectivity index (χ4n) is 2.23. The van der Waals surface area contributed by atoms with Crippen molar-refractivity contribution in [2.24, 2.45) is 11.3 Å². The van der Waals surface area contributed by atoms with Crippen molar-refractivity contribution in [2.45, 2.75) is 26.7 Å². The fourth-order valence-corrected chi connectivity index (χ4v) is 3.21. The van der Waals surface area contributed by atoms with Gasteiger partial charge in [0.05, 0.1) is 22.4 Å². The Kier molecular flexibility index (Phi) is 5.41. The highest BCUT2D eigenvalue weighted by Crippen LogP contribution is 2.36. The van der Waals surface area contributed by atoms with E-state index in [1.165, 1.54) is 11.3 Å². The Morgan fingerprint density at radius 2 is 2.24 bits per heavy atom. The quantitative estimate of drug-likeness (QED) is 0.591. The van der Waals surface area contributed by atoms with Gasteiger partial charge in [-0.05, 0) is 24.5 Å². The maximum Gasteiger partial charge on any atom is 0.314 e. The molecule has 0 bridgehead atoms. The number of ether oxygens (including phenoxy) is 2. The molecule has 1 aliphatic rings. The molecule has 2 heterocycles. The molecule has 1 fully saturated rings. The van der Waals surface area contributed by atoms with Crippen molar-refractivity contribution in [2.75, 3.05) is 19.8 Å². The Hall–Kier alpha value is -0.910. The smallest absolute Gasteiger partial charge is 0.314 e. The van der Waals surface area contributed by atoms with Crippen LogP contribution >= 0.6 is 22.9 Å². The molecule has 1 aliphatic heterocycles. The van der Waals surface area contributed by atoms with E-state index in [1.54, 1.807) is 12.1 Å². The Morgan fingerprint density at radius 3 is 2.76 bits per heavy atom. The predicted molar refractivity (Wildman–Crippen MR) is 81.9 cm³/mol. The first-order valence-corrected chi connectivity index (χ1v) is 8.16. The number of carbonyl (C=O) groups excluding carboxylic acids is 2. The second-order valence-electron chi connectivity index (χ2n) is 5.78. The van der Waals surface area contributed by atoms with E-state index in [2.05, 4.69) is 0 Å². The second-order valence-corrected chi connectivity index (χ2v) is 7.49. The molecule has 0 aromatic carbocycles. The Balaban J connectivity index is 2.07. The number of hydrogen-bond acceptors (Lipinski definition) is 5. The van der Waals surface area contributed by atoms with Gasteiger partial charge in [-0.1, -0.05) is 25.4 Å². The van der Waals surface area contributed by atoms with Crippen LogP contribution in [-0.4, -0.2) is 31.6 Å². The lowest BCUT2D eigenvalue weighted by Gasteiger charge is -2.24. The summed E-state index contributed by atoms with van der Waals surface area (Å²) in [5.74, 6) is -0.149. The lowest BCUT2D eigenvalue weighted by atomic mass is 9.82. The van der Waals surface area contributed by atoms with Gasteiger partial charge in [0.2, 0.25) is 0 Å². The van der Waals surface area contributed by atoms with Crippen LogP contribution in [0.25, 0.3) is 0 Å². The van der Waals surface area contributed by atoms with Gasteiger partial charge < -0.3 is 9.47 Å². The zero-order chi connectivity index (χ0) is 15.5. The van der Waals surface area contributed by atoms with Gasteiger partial charge in [0.15, 0.2) is 5.78 Å². The molecule has 6 heteroatoms. The highest BCUT2D eigenvalue weighted by molar-refractivity contribution is 7.18. The molecule has 0 saturated carbocycles. The SMILES string of the molecule is CC(C)COC(=O)[C@]1(CC(=O)c2ccc(Cl)s2)CCOC1. The summed E-state index contributed by atoms with van der Waals surface area (Å²) in [6, 6.07) is 3.38. The molecule has 0 radical (unpaired) electrons. The molecule has 116 valence electrons. The number of thiophene rings is 1. The largest absolute Gasteiger partial charge is 0.465 e. The van der Waals surface area contributed by atoms with E-state index in [9.17, 15) is 9.59 Å². The fraction of sp³-hybridized carbons (Fsp3) is 0.600. The van der Waals surface area contributed by atoms with Gasteiger partial charge in [-0.3, -0.25) is 9.59 Å². The van der Waals surface area contributed by atoms with E-state index in [0.29, 0.717) is 28.8 Å². The molecule has 1 atom stereocenters. The average molecular weight is 331 g/mol. The molecule has 4 nitrogen and oxygen atoms in total. The summed E-state index contributed by atoms with van der Waals surface area (Å²) in [6.07, 6.45) is 0.634. The number of carbonyl (C=O) groups is 2. The Bertz CT molecular complexity index is 517. The van der Waals surface area contributed by atoms with Crippen LogP contribution in [0.3, 0.4) is 0 Å². The van der Waals surface area contributed by atoms with Crippen LogP contribution in [0.2, 0.25) is 4.34 Å². The van der Waals surface area contributed by atoms with Crippen molar-refractivity contribution in [3.8, 4) is 0 Å².